The molecule has 6 nitrogen and oxygen atoms in total. The highest BCUT2D eigenvalue weighted by atomic mass is 31.1. The van der Waals surface area contributed by atoms with Crippen LogP contribution < -0.4 is 11.1 Å². The Labute approximate surface area is 127 Å². The molecule has 2 fully saturated rings. The average Bonchev–Trinajstić information content (AvgIpc) is 3.18. The SMILES string of the molecule is CC1CCN(C)C1C(=O)NC(CPC1CC1)C(=O)C(N)=O. The molecule has 2 amide bonds. The van der Waals surface area contributed by atoms with Gasteiger partial charge in [-0.1, -0.05) is 6.92 Å². The van der Waals surface area contributed by atoms with Crippen LogP contribution in [0, 0.1) is 5.92 Å². The minimum absolute atomic E-state index is 0.164. The molecule has 0 spiro atoms. The first-order valence-electron chi connectivity index (χ1n) is 7.47. The van der Waals surface area contributed by atoms with E-state index in [2.05, 4.69) is 5.32 Å². The Kier molecular flexibility index (Phi) is 5.33. The monoisotopic (exact) mass is 313 g/mol. The fraction of sp³-hybridized carbons (Fsp3) is 0.786. The van der Waals surface area contributed by atoms with Crippen LogP contribution in [0.15, 0.2) is 0 Å². The number of amides is 2. The van der Waals surface area contributed by atoms with Crippen molar-refractivity contribution >= 4 is 26.2 Å². The van der Waals surface area contributed by atoms with Gasteiger partial charge in [-0.05, 0) is 50.6 Å². The van der Waals surface area contributed by atoms with E-state index in [1.54, 1.807) is 0 Å². The van der Waals surface area contributed by atoms with Gasteiger partial charge in [0.05, 0.1) is 6.04 Å². The molecule has 21 heavy (non-hydrogen) atoms. The third kappa shape index (κ3) is 4.24. The summed E-state index contributed by atoms with van der Waals surface area (Å²) >= 11 is 0. The Morgan fingerprint density at radius 2 is 2.00 bits per heavy atom. The third-order valence-corrected chi connectivity index (χ3v) is 6.08. The Morgan fingerprint density at radius 3 is 2.48 bits per heavy atom. The van der Waals surface area contributed by atoms with Crippen molar-refractivity contribution in [1.29, 1.82) is 0 Å². The number of primary amides is 1. The van der Waals surface area contributed by atoms with Crippen molar-refractivity contribution in [2.75, 3.05) is 19.8 Å². The molecule has 1 heterocycles. The van der Waals surface area contributed by atoms with E-state index < -0.39 is 17.7 Å². The molecule has 118 valence electrons. The van der Waals surface area contributed by atoms with Gasteiger partial charge in [0.2, 0.25) is 11.7 Å². The summed E-state index contributed by atoms with van der Waals surface area (Å²) in [6.07, 6.45) is 3.87. The van der Waals surface area contributed by atoms with Gasteiger partial charge in [-0.2, -0.15) is 0 Å². The maximum Gasteiger partial charge on any atom is 0.287 e. The number of likely N-dealkylation sites (N-methyl/N-ethyl adjacent to an activating group) is 1. The van der Waals surface area contributed by atoms with Gasteiger partial charge in [0, 0.05) is 0 Å². The van der Waals surface area contributed by atoms with Crippen molar-refractivity contribution in [2.24, 2.45) is 11.7 Å². The second kappa shape index (κ2) is 6.84. The highest BCUT2D eigenvalue weighted by molar-refractivity contribution is 7.39. The van der Waals surface area contributed by atoms with Crippen LogP contribution in [0.2, 0.25) is 0 Å². The number of nitrogens with two attached hydrogens (primary N) is 1. The lowest BCUT2D eigenvalue weighted by atomic mass is 10.0. The first-order valence-corrected chi connectivity index (χ1v) is 8.76. The summed E-state index contributed by atoms with van der Waals surface area (Å²) in [5, 5.41) is 2.76. The highest BCUT2D eigenvalue weighted by Crippen LogP contribution is 2.39. The Hall–Kier alpha value is -1.00. The summed E-state index contributed by atoms with van der Waals surface area (Å²) in [6.45, 7) is 2.90. The predicted molar refractivity (Wildman–Crippen MR) is 82.5 cm³/mol. The molecule has 2 rings (SSSR count). The number of nitrogens with zero attached hydrogens (tertiary/aromatic N) is 1. The Morgan fingerprint density at radius 1 is 1.33 bits per heavy atom. The van der Waals surface area contributed by atoms with Crippen LogP contribution in [-0.4, -0.2) is 60.0 Å². The molecule has 0 aromatic heterocycles. The molecule has 4 unspecified atom stereocenters. The molecule has 1 aliphatic carbocycles. The number of nitrogens with one attached hydrogen (secondary N) is 1. The topological polar surface area (TPSA) is 92.5 Å². The van der Waals surface area contributed by atoms with Crippen LogP contribution in [0.5, 0.6) is 0 Å². The van der Waals surface area contributed by atoms with Crippen LogP contribution in [0.3, 0.4) is 0 Å². The molecular formula is C14H24N3O3P. The molecule has 3 N–H and O–H groups in total. The van der Waals surface area contributed by atoms with Gasteiger partial charge in [-0.25, -0.2) is 0 Å². The molecule has 0 aromatic rings. The van der Waals surface area contributed by atoms with Crippen molar-refractivity contribution in [1.82, 2.24) is 10.2 Å². The molecule has 2 aliphatic rings. The zero-order valence-electron chi connectivity index (χ0n) is 12.6. The van der Waals surface area contributed by atoms with Crippen LogP contribution in [0.4, 0.5) is 0 Å². The molecular weight excluding hydrogens is 289 g/mol. The summed E-state index contributed by atoms with van der Waals surface area (Å²) in [5.41, 5.74) is 5.76. The summed E-state index contributed by atoms with van der Waals surface area (Å²) in [4.78, 5) is 37.4. The Bertz CT molecular complexity index is 429. The van der Waals surface area contributed by atoms with Gasteiger partial charge >= 0.3 is 0 Å². The van der Waals surface area contributed by atoms with E-state index >= 15 is 0 Å². The maximum absolute atomic E-state index is 12.4. The molecule has 0 aromatic carbocycles. The van der Waals surface area contributed by atoms with Gasteiger partial charge in [0.25, 0.3) is 5.91 Å². The fourth-order valence-corrected chi connectivity index (χ4v) is 4.24. The molecule has 7 heteroatoms. The largest absolute Gasteiger partial charge is 0.363 e. The number of hydrogen-bond acceptors (Lipinski definition) is 4. The zero-order valence-corrected chi connectivity index (χ0v) is 13.6. The van der Waals surface area contributed by atoms with E-state index in [-0.39, 0.29) is 17.9 Å². The second-order valence-corrected chi connectivity index (χ2v) is 7.80. The van der Waals surface area contributed by atoms with Crippen LogP contribution >= 0.6 is 8.58 Å². The van der Waals surface area contributed by atoms with E-state index in [1.165, 1.54) is 12.8 Å². The van der Waals surface area contributed by atoms with Gasteiger partial charge in [-0.15, -0.1) is 8.58 Å². The molecule has 1 aliphatic heterocycles. The second-order valence-electron chi connectivity index (χ2n) is 6.16. The van der Waals surface area contributed by atoms with Crippen molar-refractivity contribution in [2.45, 2.75) is 43.9 Å². The van der Waals surface area contributed by atoms with E-state index in [9.17, 15) is 14.4 Å². The first kappa shape index (κ1) is 16.4. The van der Waals surface area contributed by atoms with Crippen molar-refractivity contribution < 1.29 is 14.4 Å². The normalized spacial score (nSPS) is 27.9. The van der Waals surface area contributed by atoms with Crippen molar-refractivity contribution in [3.05, 3.63) is 0 Å². The quantitative estimate of drug-likeness (QED) is 0.499. The zero-order chi connectivity index (χ0) is 15.6. The van der Waals surface area contributed by atoms with E-state index in [0.29, 0.717) is 20.4 Å². The standard InChI is InChI=1S/C14H24N3O3P/c1-8-5-6-17(2)11(8)14(20)16-10(12(18)13(15)19)7-21-9-3-4-9/h8-11,21H,3-7H2,1-2H3,(H2,15,19)(H,16,20). The first-order chi connectivity index (χ1) is 9.90. The number of hydrogen-bond donors (Lipinski definition) is 2. The summed E-state index contributed by atoms with van der Waals surface area (Å²) < 4.78 is 0. The number of carbonyl (C=O) groups is 3. The molecule has 0 bridgehead atoms. The third-order valence-electron chi connectivity index (χ3n) is 4.28. The molecule has 1 saturated heterocycles. The smallest absolute Gasteiger partial charge is 0.287 e. The summed E-state index contributed by atoms with van der Waals surface area (Å²) in [7, 11) is 2.51. The van der Waals surface area contributed by atoms with E-state index in [1.807, 2.05) is 18.9 Å². The lowest BCUT2D eigenvalue weighted by Gasteiger charge is -2.25. The molecule has 4 atom stereocenters. The predicted octanol–water partition coefficient (Wildman–Crippen LogP) is -0.293. The molecule has 1 saturated carbocycles. The lowest BCUT2D eigenvalue weighted by Crippen LogP contribution is -2.53. The van der Waals surface area contributed by atoms with Gasteiger partial charge in [0.1, 0.15) is 6.04 Å². The molecule has 0 radical (unpaired) electrons. The number of likely N-dealkylation sites (tertiary alicyclic amines) is 1. The number of rotatable bonds is 7. The van der Waals surface area contributed by atoms with Gasteiger partial charge in [-0.3, -0.25) is 19.3 Å². The maximum atomic E-state index is 12.4. The highest BCUT2D eigenvalue weighted by Gasteiger charge is 2.37. The summed E-state index contributed by atoms with van der Waals surface area (Å²) in [5.74, 6) is -1.55. The number of ketones is 1. The van der Waals surface area contributed by atoms with E-state index in [0.717, 1.165) is 13.0 Å². The van der Waals surface area contributed by atoms with Gasteiger partial charge in [0.15, 0.2) is 0 Å². The number of carbonyl (C=O) groups excluding carboxylic acids is 3. The van der Waals surface area contributed by atoms with Crippen LogP contribution in [-0.2, 0) is 14.4 Å². The minimum atomic E-state index is -0.964. The van der Waals surface area contributed by atoms with E-state index in [4.69, 9.17) is 5.73 Å². The van der Waals surface area contributed by atoms with Crippen LogP contribution in [0.25, 0.3) is 0 Å². The minimum Gasteiger partial charge on any atom is -0.363 e. The number of Topliss-reactive ketones (excluding diaryl/α,β-unsaturated/α-hetero) is 1. The Balaban J connectivity index is 1.97. The fourth-order valence-electron chi connectivity index (χ4n) is 2.81. The van der Waals surface area contributed by atoms with Crippen molar-refractivity contribution in [3.63, 3.8) is 0 Å². The van der Waals surface area contributed by atoms with Crippen LogP contribution in [0.1, 0.15) is 26.2 Å². The van der Waals surface area contributed by atoms with Gasteiger partial charge < -0.3 is 11.1 Å². The van der Waals surface area contributed by atoms with Crippen molar-refractivity contribution in [3.8, 4) is 0 Å². The lowest BCUT2D eigenvalue weighted by molar-refractivity contribution is -0.138. The summed E-state index contributed by atoms with van der Waals surface area (Å²) in [6, 6.07) is -0.979. The average molecular weight is 313 g/mol.